The molecule has 0 heterocycles. The molecule has 19 heavy (non-hydrogen) atoms. The van der Waals surface area contributed by atoms with Gasteiger partial charge in [0.1, 0.15) is 5.75 Å². The van der Waals surface area contributed by atoms with Gasteiger partial charge in [0.2, 0.25) is 0 Å². The number of ether oxygens (including phenoxy) is 1. The summed E-state index contributed by atoms with van der Waals surface area (Å²) in [5, 5.41) is 0. The maximum atomic E-state index is 5.74. The van der Waals surface area contributed by atoms with Crippen molar-refractivity contribution < 1.29 is 4.74 Å². The largest absolute Gasteiger partial charge is 0.497 e. The van der Waals surface area contributed by atoms with E-state index in [1.165, 1.54) is 0 Å². The van der Waals surface area contributed by atoms with Crippen LogP contribution in [-0.4, -0.2) is 7.11 Å². The van der Waals surface area contributed by atoms with E-state index in [9.17, 15) is 0 Å². The molecule has 0 amide bonds. The van der Waals surface area contributed by atoms with Crippen molar-refractivity contribution in [3.05, 3.63) is 63.6 Å². The molecule has 3 nitrogen and oxygen atoms in total. The van der Waals surface area contributed by atoms with Gasteiger partial charge in [-0.2, -0.15) is 0 Å². The minimum Gasteiger partial charge on any atom is -0.497 e. The molecule has 0 aromatic heterocycles. The molecule has 0 fully saturated rings. The zero-order valence-corrected chi connectivity index (χ0v) is 12.6. The highest BCUT2D eigenvalue weighted by atomic mass is 79.9. The highest BCUT2D eigenvalue weighted by Gasteiger charge is 2.17. The molecule has 0 aliphatic rings. The number of rotatable bonds is 4. The fraction of sp³-hybridized carbons (Fsp3) is 0.200. The summed E-state index contributed by atoms with van der Waals surface area (Å²) in [6.45, 7) is 2.05. The van der Waals surface area contributed by atoms with Crippen LogP contribution in [0.5, 0.6) is 5.75 Å². The monoisotopic (exact) mass is 320 g/mol. The average Bonchev–Trinajstić information content (AvgIpc) is 2.43. The third-order valence-corrected chi connectivity index (χ3v) is 3.89. The summed E-state index contributed by atoms with van der Waals surface area (Å²) in [6, 6.07) is 14.0. The SMILES string of the molecule is COc1ccc(C(NN)c2ccccc2Br)c(C)c1. The number of benzene rings is 2. The van der Waals surface area contributed by atoms with Gasteiger partial charge in [0, 0.05) is 4.47 Å². The van der Waals surface area contributed by atoms with Gasteiger partial charge in [0.05, 0.1) is 13.2 Å². The molecule has 1 unspecified atom stereocenters. The van der Waals surface area contributed by atoms with Crippen molar-refractivity contribution in [2.75, 3.05) is 7.11 Å². The van der Waals surface area contributed by atoms with E-state index < -0.39 is 0 Å². The van der Waals surface area contributed by atoms with Gasteiger partial charge < -0.3 is 4.74 Å². The molecule has 2 aromatic rings. The topological polar surface area (TPSA) is 47.3 Å². The second kappa shape index (κ2) is 6.19. The average molecular weight is 321 g/mol. The maximum absolute atomic E-state index is 5.74. The Morgan fingerprint density at radius 2 is 1.89 bits per heavy atom. The second-order valence-electron chi connectivity index (χ2n) is 4.34. The van der Waals surface area contributed by atoms with E-state index in [-0.39, 0.29) is 6.04 Å². The Morgan fingerprint density at radius 1 is 1.16 bits per heavy atom. The third kappa shape index (κ3) is 2.97. The lowest BCUT2D eigenvalue weighted by atomic mass is 9.95. The molecule has 0 radical (unpaired) electrons. The van der Waals surface area contributed by atoms with E-state index in [0.29, 0.717) is 0 Å². The number of methoxy groups -OCH3 is 1. The van der Waals surface area contributed by atoms with Crippen molar-refractivity contribution in [2.45, 2.75) is 13.0 Å². The highest BCUT2D eigenvalue weighted by molar-refractivity contribution is 9.10. The molecule has 0 saturated carbocycles. The van der Waals surface area contributed by atoms with Crippen molar-refractivity contribution in [1.82, 2.24) is 5.43 Å². The van der Waals surface area contributed by atoms with Gasteiger partial charge in [-0.3, -0.25) is 5.84 Å². The van der Waals surface area contributed by atoms with Crippen molar-refractivity contribution in [3.8, 4) is 5.75 Å². The minimum absolute atomic E-state index is 0.0542. The summed E-state index contributed by atoms with van der Waals surface area (Å²) in [6.07, 6.45) is 0. The van der Waals surface area contributed by atoms with Crippen LogP contribution in [0, 0.1) is 6.92 Å². The van der Waals surface area contributed by atoms with Gasteiger partial charge >= 0.3 is 0 Å². The van der Waals surface area contributed by atoms with Crippen LogP contribution in [0.25, 0.3) is 0 Å². The number of hydrogen-bond donors (Lipinski definition) is 2. The second-order valence-corrected chi connectivity index (χ2v) is 5.20. The standard InChI is InChI=1S/C15H17BrN2O/c1-10-9-11(19-2)7-8-12(10)15(18-17)13-5-3-4-6-14(13)16/h3-9,15,18H,17H2,1-2H3. The molecule has 3 N–H and O–H groups in total. The highest BCUT2D eigenvalue weighted by Crippen LogP contribution is 2.31. The van der Waals surface area contributed by atoms with Crippen molar-refractivity contribution in [2.24, 2.45) is 5.84 Å². The first kappa shape index (κ1) is 14.1. The van der Waals surface area contributed by atoms with E-state index in [1.807, 2.05) is 36.4 Å². The summed E-state index contributed by atoms with van der Waals surface area (Å²) in [5.41, 5.74) is 6.26. The van der Waals surface area contributed by atoms with Gasteiger partial charge in [-0.1, -0.05) is 40.2 Å². The van der Waals surface area contributed by atoms with Crippen LogP contribution in [0.15, 0.2) is 46.9 Å². The van der Waals surface area contributed by atoms with Crippen LogP contribution in [0.4, 0.5) is 0 Å². The summed E-state index contributed by atoms with van der Waals surface area (Å²) in [7, 11) is 1.67. The van der Waals surface area contributed by atoms with E-state index in [0.717, 1.165) is 26.9 Å². The van der Waals surface area contributed by atoms with Gasteiger partial charge in [-0.25, -0.2) is 5.43 Å². The summed E-state index contributed by atoms with van der Waals surface area (Å²) in [5.74, 6) is 6.59. The van der Waals surface area contributed by atoms with Gasteiger partial charge in [-0.05, 0) is 41.8 Å². The number of hydrogen-bond acceptors (Lipinski definition) is 3. The molecule has 0 aliphatic carbocycles. The van der Waals surface area contributed by atoms with E-state index in [1.54, 1.807) is 7.11 Å². The lowest BCUT2D eigenvalue weighted by Gasteiger charge is -2.20. The van der Waals surface area contributed by atoms with Crippen molar-refractivity contribution in [3.63, 3.8) is 0 Å². The molecule has 0 saturated heterocycles. The van der Waals surface area contributed by atoms with Gasteiger partial charge in [0.15, 0.2) is 0 Å². The molecule has 0 spiro atoms. The predicted octanol–water partition coefficient (Wildman–Crippen LogP) is 3.32. The van der Waals surface area contributed by atoms with E-state index >= 15 is 0 Å². The number of aryl methyl sites for hydroxylation is 1. The molecular weight excluding hydrogens is 304 g/mol. The Balaban J connectivity index is 2.46. The Labute approximate surface area is 121 Å². The first-order valence-electron chi connectivity index (χ1n) is 6.02. The van der Waals surface area contributed by atoms with Crippen molar-refractivity contribution >= 4 is 15.9 Å². The van der Waals surface area contributed by atoms with E-state index in [4.69, 9.17) is 10.6 Å². The van der Waals surface area contributed by atoms with Crippen LogP contribution in [0.3, 0.4) is 0 Å². The summed E-state index contributed by atoms with van der Waals surface area (Å²) >= 11 is 3.57. The minimum atomic E-state index is -0.0542. The summed E-state index contributed by atoms with van der Waals surface area (Å²) in [4.78, 5) is 0. The van der Waals surface area contributed by atoms with E-state index in [2.05, 4.69) is 34.3 Å². The summed E-state index contributed by atoms with van der Waals surface area (Å²) < 4.78 is 6.27. The Morgan fingerprint density at radius 3 is 2.47 bits per heavy atom. The Hall–Kier alpha value is -1.36. The molecule has 1 atom stereocenters. The molecule has 4 heteroatoms. The number of nitrogens with two attached hydrogens (primary N) is 1. The first-order chi connectivity index (χ1) is 9.17. The lowest BCUT2D eigenvalue weighted by molar-refractivity contribution is 0.414. The number of hydrazine groups is 1. The molecule has 0 bridgehead atoms. The van der Waals surface area contributed by atoms with Gasteiger partial charge in [-0.15, -0.1) is 0 Å². The first-order valence-corrected chi connectivity index (χ1v) is 6.81. The molecule has 0 aliphatic heterocycles. The lowest BCUT2D eigenvalue weighted by Crippen LogP contribution is -2.29. The smallest absolute Gasteiger partial charge is 0.119 e. The normalized spacial score (nSPS) is 12.2. The predicted molar refractivity (Wildman–Crippen MR) is 81.0 cm³/mol. The van der Waals surface area contributed by atoms with Crippen LogP contribution in [0.1, 0.15) is 22.7 Å². The number of halogens is 1. The Kier molecular flexibility index (Phi) is 4.58. The third-order valence-electron chi connectivity index (χ3n) is 3.17. The van der Waals surface area contributed by atoms with Crippen LogP contribution >= 0.6 is 15.9 Å². The molecule has 2 aromatic carbocycles. The fourth-order valence-corrected chi connectivity index (χ4v) is 2.67. The van der Waals surface area contributed by atoms with Crippen molar-refractivity contribution in [1.29, 1.82) is 0 Å². The quantitative estimate of drug-likeness (QED) is 0.671. The van der Waals surface area contributed by atoms with Crippen LogP contribution in [0.2, 0.25) is 0 Å². The molecular formula is C15H17BrN2O. The maximum Gasteiger partial charge on any atom is 0.119 e. The molecule has 2 rings (SSSR count). The zero-order chi connectivity index (χ0) is 13.8. The van der Waals surface area contributed by atoms with Crippen LogP contribution < -0.4 is 16.0 Å². The molecule has 100 valence electrons. The number of nitrogens with one attached hydrogen (secondary N) is 1. The fourth-order valence-electron chi connectivity index (χ4n) is 2.16. The zero-order valence-electron chi connectivity index (χ0n) is 11.0. The van der Waals surface area contributed by atoms with Gasteiger partial charge in [0.25, 0.3) is 0 Å². The van der Waals surface area contributed by atoms with Crippen LogP contribution in [-0.2, 0) is 0 Å². The Bertz CT molecular complexity index is 572.